The molecule has 0 saturated carbocycles. The van der Waals surface area contributed by atoms with Gasteiger partial charge in [0.1, 0.15) is 17.2 Å². The lowest BCUT2D eigenvalue weighted by molar-refractivity contribution is 0.102. The number of nitrogens with zero attached hydrogens (tertiary/aromatic N) is 3. The number of methoxy groups -OCH3 is 1. The van der Waals surface area contributed by atoms with E-state index in [0.717, 1.165) is 6.07 Å². The van der Waals surface area contributed by atoms with Crippen LogP contribution in [-0.4, -0.2) is 61.2 Å². The highest BCUT2D eigenvalue weighted by Crippen LogP contribution is 2.41. The number of carbonyl (C=O) groups excluding carboxylic acids is 1. The van der Waals surface area contributed by atoms with Gasteiger partial charge in [0.15, 0.2) is 20.3 Å². The van der Waals surface area contributed by atoms with E-state index in [4.69, 9.17) is 15.2 Å². The number of carbonyl (C=O) groups is 1. The molecule has 3 N–H and O–H groups in total. The zero-order chi connectivity index (χ0) is 23.1. The monoisotopic (exact) mass is 463 g/mol. The molecule has 1 aromatic carbocycles. The maximum atomic E-state index is 14.8. The Labute approximate surface area is 183 Å². The lowest BCUT2D eigenvalue weighted by atomic mass is 9.92. The van der Waals surface area contributed by atoms with Crippen molar-refractivity contribution >= 4 is 27.3 Å². The normalized spacial score (nSPS) is 26.5. The number of halogens is 1. The second-order valence-corrected chi connectivity index (χ2v) is 10.2. The van der Waals surface area contributed by atoms with Crippen molar-refractivity contribution in [2.24, 2.45) is 10.7 Å². The molecule has 1 aromatic heterocycles. The van der Waals surface area contributed by atoms with Crippen molar-refractivity contribution in [3.8, 4) is 5.88 Å². The Morgan fingerprint density at radius 2 is 2.06 bits per heavy atom. The smallest absolute Gasteiger partial charge is 0.276 e. The zero-order valence-electron chi connectivity index (χ0n) is 17.5. The molecule has 12 heteroatoms. The lowest BCUT2D eigenvalue weighted by Gasteiger charge is -2.39. The fourth-order valence-electron chi connectivity index (χ4n) is 3.96. The number of nitrogens with one attached hydrogen (secondary N) is 1. The Morgan fingerprint density at radius 1 is 1.28 bits per heavy atom. The number of aliphatic imine (C=N–C) groups is 1. The summed E-state index contributed by atoms with van der Waals surface area (Å²) in [5.41, 5.74) is 4.89. The maximum absolute atomic E-state index is 14.8. The van der Waals surface area contributed by atoms with Crippen molar-refractivity contribution in [1.29, 1.82) is 0 Å². The van der Waals surface area contributed by atoms with Gasteiger partial charge < -0.3 is 20.5 Å². The fourth-order valence-corrected chi connectivity index (χ4v) is 6.22. The number of amidine groups is 1. The van der Waals surface area contributed by atoms with Gasteiger partial charge in [-0.3, -0.25) is 9.79 Å². The van der Waals surface area contributed by atoms with Gasteiger partial charge in [0.25, 0.3) is 5.91 Å². The minimum Gasteiger partial charge on any atom is -0.480 e. The van der Waals surface area contributed by atoms with Crippen LogP contribution < -0.4 is 15.8 Å². The molecule has 1 spiro atoms. The van der Waals surface area contributed by atoms with E-state index in [1.807, 2.05) is 0 Å². The third-order valence-electron chi connectivity index (χ3n) is 5.77. The number of aromatic nitrogens is 2. The van der Waals surface area contributed by atoms with Crippen LogP contribution >= 0.6 is 0 Å². The predicted octanol–water partition coefficient (Wildman–Crippen LogP) is 1.04. The van der Waals surface area contributed by atoms with Crippen molar-refractivity contribution < 1.29 is 27.1 Å². The Hall–Kier alpha value is -3.12. The van der Waals surface area contributed by atoms with E-state index < -0.39 is 37.6 Å². The Kier molecular flexibility index (Phi) is 5.37. The van der Waals surface area contributed by atoms with E-state index >= 15 is 0 Å². The van der Waals surface area contributed by atoms with Crippen molar-refractivity contribution in [2.45, 2.75) is 23.6 Å². The standard InChI is InChI=1S/C20H22FN5O5S/c1-19(11-32(28,29)20(18(22)24-19)7-8-31-10-20)13-9-12(3-4-14(13)21)23-17(27)15-5-6-16(30-2)26-25-15/h3-6,9H,7-8,10-11H2,1-2H3,(H2,22,24)(H,23,27)/t19-,20-/m0/s1. The van der Waals surface area contributed by atoms with Crippen LogP contribution in [0.1, 0.15) is 29.4 Å². The summed E-state index contributed by atoms with van der Waals surface area (Å²) in [6, 6.07) is 6.74. The molecular formula is C20H22FN5O5S. The van der Waals surface area contributed by atoms with Crippen LogP contribution in [0.15, 0.2) is 35.3 Å². The molecule has 3 heterocycles. The fraction of sp³-hybridized carbons (Fsp3) is 0.400. The highest BCUT2D eigenvalue weighted by atomic mass is 32.2. The van der Waals surface area contributed by atoms with Gasteiger partial charge >= 0.3 is 0 Å². The van der Waals surface area contributed by atoms with Gasteiger partial charge in [-0.05, 0) is 37.6 Å². The molecule has 10 nitrogen and oxygen atoms in total. The number of rotatable bonds is 4. The van der Waals surface area contributed by atoms with E-state index in [9.17, 15) is 17.6 Å². The number of benzene rings is 1. The van der Waals surface area contributed by atoms with Crippen molar-refractivity contribution in [1.82, 2.24) is 10.2 Å². The molecule has 0 aliphatic carbocycles. The summed E-state index contributed by atoms with van der Waals surface area (Å²) in [5.74, 6) is -1.53. The molecular weight excluding hydrogens is 441 g/mol. The van der Waals surface area contributed by atoms with Crippen LogP contribution in [-0.2, 0) is 20.1 Å². The Morgan fingerprint density at radius 3 is 2.66 bits per heavy atom. The summed E-state index contributed by atoms with van der Waals surface area (Å²) in [4.78, 5) is 16.9. The van der Waals surface area contributed by atoms with Crippen LogP contribution in [0.3, 0.4) is 0 Å². The van der Waals surface area contributed by atoms with Crippen LogP contribution in [0, 0.1) is 5.82 Å². The van der Waals surface area contributed by atoms with Crippen LogP contribution in [0.2, 0.25) is 0 Å². The van der Waals surface area contributed by atoms with Gasteiger partial charge in [-0.15, -0.1) is 10.2 Å². The Bertz CT molecular complexity index is 1200. The molecule has 0 unspecified atom stereocenters. The molecule has 1 fully saturated rings. The van der Waals surface area contributed by atoms with E-state index in [2.05, 4.69) is 20.5 Å². The zero-order valence-corrected chi connectivity index (χ0v) is 18.3. The molecule has 170 valence electrons. The minimum absolute atomic E-state index is 0.00333. The van der Waals surface area contributed by atoms with Gasteiger partial charge in [-0.1, -0.05) is 0 Å². The summed E-state index contributed by atoms with van der Waals surface area (Å²) in [7, 11) is -2.37. The van der Waals surface area contributed by atoms with Gasteiger partial charge in [-0.2, -0.15) is 0 Å². The highest BCUT2D eigenvalue weighted by molar-refractivity contribution is 7.93. The lowest BCUT2D eigenvalue weighted by Crippen LogP contribution is -2.58. The molecule has 32 heavy (non-hydrogen) atoms. The van der Waals surface area contributed by atoms with Crippen LogP contribution in [0.25, 0.3) is 0 Å². The quantitative estimate of drug-likeness (QED) is 0.684. The maximum Gasteiger partial charge on any atom is 0.276 e. The number of nitrogens with two attached hydrogens (primary N) is 1. The first-order valence-corrected chi connectivity index (χ1v) is 11.4. The van der Waals surface area contributed by atoms with E-state index in [1.54, 1.807) is 0 Å². The SMILES string of the molecule is COc1ccc(C(=O)Nc2ccc(F)c([C@]3(C)CS(=O)(=O)[C@]4(CCOC4)C(N)=N3)c2)nn1. The van der Waals surface area contributed by atoms with Crippen LogP contribution in [0.4, 0.5) is 10.1 Å². The first kappa shape index (κ1) is 22.1. The predicted molar refractivity (Wildman–Crippen MR) is 114 cm³/mol. The molecule has 1 amide bonds. The average molecular weight is 463 g/mol. The summed E-state index contributed by atoms with van der Waals surface area (Å²) in [6.07, 6.45) is 0.211. The number of hydrogen-bond acceptors (Lipinski definition) is 9. The first-order chi connectivity index (χ1) is 15.1. The summed E-state index contributed by atoms with van der Waals surface area (Å²) in [6.45, 7) is 1.69. The number of sulfone groups is 1. The molecule has 4 rings (SSSR count). The van der Waals surface area contributed by atoms with E-state index in [-0.39, 0.29) is 48.3 Å². The molecule has 0 bridgehead atoms. The van der Waals surface area contributed by atoms with Crippen molar-refractivity contribution in [2.75, 3.05) is 31.4 Å². The van der Waals surface area contributed by atoms with Gasteiger partial charge in [-0.25, -0.2) is 12.8 Å². The molecule has 2 aliphatic heterocycles. The van der Waals surface area contributed by atoms with E-state index in [0.29, 0.717) is 0 Å². The topological polar surface area (TPSA) is 146 Å². The number of anilines is 1. The van der Waals surface area contributed by atoms with Crippen molar-refractivity contribution in [3.05, 3.63) is 47.4 Å². The molecule has 2 aliphatic rings. The average Bonchev–Trinajstić information content (AvgIpc) is 3.26. The molecule has 2 aromatic rings. The van der Waals surface area contributed by atoms with Gasteiger partial charge in [0.05, 0.1) is 19.5 Å². The van der Waals surface area contributed by atoms with Crippen molar-refractivity contribution in [3.63, 3.8) is 0 Å². The number of ether oxygens (including phenoxy) is 2. The van der Waals surface area contributed by atoms with E-state index in [1.165, 1.54) is 38.3 Å². The molecule has 0 radical (unpaired) electrons. The summed E-state index contributed by atoms with van der Waals surface area (Å²) < 4.78 is 49.9. The Balaban J connectivity index is 1.66. The minimum atomic E-state index is -3.79. The highest BCUT2D eigenvalue weighted by Gasteiger charge is 2.57. The third-order valence-corrected chi connectivity index (χ3v) is 8.44. The number of amides is 1. The second-order valence-electron chi connectivity index (χ2n) is 7.94. The first-order valence-electron chi connectivity index (χ1n) is 9.75. The number of hydrogen-bond donors (Lipinski definition) is 2. The van der Waals surface area contributed by atoms with Gasteiger partial charge in [0.2, 0.25) is 5.88 Å². The largest absolute Gasteiger partial charge is 0.480 e. The second kappa shape index (κ2) is 7.78. The van der Waals surface area contributed by atoms with Gasteiger partial charge in [0, 0.05) is 23.9 Å². The summed E-state index contributed by atoms with van der Waals surface area (Å²) >= 11 is 0. The third kappa shape index (κ3) is 3.58. The molecule has 1 saturated heterocycles. The molecule has 2 atom stereocenters. The van der Waals surface area contributed by atoms with Crippen LogP contribution in [0.5, 0.6) is 5.88 Å². The summed E-state index contributed by atoms with van der Waals surface area (Å²) in [5, 5.41) is 10.1.